The lowest BCUT2D eigenvalue weighted by Crippen LogP contribution is -3.13. The van der Waals surface area contributed by atoms with Gasteiger partial charge in [0.05, 0.1) is 19.1 Å². The van der Waals surface area contributed by atoms with Crippen molar-refractivity contribution >= 4 is 11.9 Å². The number of carboxylic acids is 2. The van der Waals surface area contributed by atoms with Crippen LogP contribution in [0, 0.1) is 0 Å². The largest absolute Gasteiger partial charge is 0.478 e. The Kier molecular flexibility index (Phi) is 14.7. The van der Waals surface area contributed by atoms with E-state index in [9.17, 15) is 9.59 Å². The molecule has 0 aromatic carbocycles. The summed E-state index contributed by atoms with van der Waals surface area (Å²) < 4.78 is 0. The van der Waals surface area contributed by atoms with E-state index in [-0.39, 0.29) is 0 Å². The fraction of sp³-hybridized carbons (Fsp3) is 0.733. The van der Waals surface area contributed by atoms with Crippen molar-refractivity contribution in [2.75, 3.05) is 13.1 Å². The highest BCUT2D eigenvalue weighted by molar-refractivity contribution is 5.89. The van der Waals surface area contributed by atoms with Crippen molar-refractivity contribution in [3.63, 3.8) is 0 Å². The van der Waals surface area contributed by atoms with Crippen LogP contribution in [0.3, 0.4) is 0 Å². The standard InChI is InChI=1S/C9H19N.C4H4O4.C2H6/c1-3-6-9-7-5-8-10(9)4-2;5-3(6)1-2-4(7)8;1-2/h9H,3-8H2,1-2H3;1-2H,(H,5,6)(H,7,8);1-2H3/p+1/b;2-1+;. The second-order valence-electron chi connectivity index (χ2n) is 4.40. The van der Waals surface area contributed by atoms with Crippen molar-refractivity contribution in [1.29, 1.82) is 0 Å². The molecule has 2 atom stereocenters. The Morgan fingerprint density at radius 3 is 2.00 bits per heavy atom. The Morgan fingerprint density at radius 1 is 1.15 bits per heavy atom. The van der Waals surface area contributed by atoms with Gasteiger partial charge in [-0.2, -0.15) is 0 Å². The van der Waals surface area contributed by atoms with E-state index in [1.54, 1.807) is 0 Å². The number of carboxylic acid groups (broad SMARTS) is 2. The lowest BCUT2D eigenvalue weighted by atomic mass is 10.1. The van der Waals surface area contributed by atoms with Gasteiger partial charge in [0.1, 0.15) is 0 Å². The summed E-state index contributed by atoms with van der Waals surface area (Å²) in [6, 6.07) is 1.01. The summed E-state index contributed by atoms with van der Waals surface area (Å²) in [4.78, 5) is 21.0. The van der Waals surface area contributed by atoms with Gasteiger partial charge in [0.25, 0.3) is 0 Å². The number of rotatable bonds is 5. The SMILES string of the molecule is CC.CCCC1CCC[NH+]1CC.O=C(O)/C=C/C(=O)O. The molecule has 5 nitrogen and oxygen atoms in total. The van der Waals surface area contributed by atoms with Crippen LogP contribution in [-0.4, -0.2) is 41.3 Å². The van der Waals surface area contributed by atoms with Gasteiger partial charge in [0.2, 0.25) is 0 Å². The predicted octanol–water partition coefficient (Wildman–Crippen LogP) is 1.59. The van der Waals surface area contributed by atoms with E-state index >= 15 is 0 Å². The van der Waals surface area contributed by atoms with Gasteiger partial charge in [-0.1, -0.05) is 27.2 Å². The summed E-state index contributed by atoms with van der Waals surface area (Å²) in [6.45, 7) is 11.4. The van der Waals surface area contributed by atoms with Crippen LogP contribution in [0.5, 0.6) is 0 Å². The summed E-state index contributed by atoms with van der Waals surface area (Å²) in [5, 5.41) is 15.6. The zero-order chi connectivity index (χ0) is 16.0. The van der Waals surface area contributed by atoms with Crippen molar-refractivity contribution in [3.05, 3.63) is 12.2 Å². The highest BCUT2D eigenvalue weighted by atomic mass is 16.4. The van der Waals surface area contributed by atoms with E-state index in [1.807, 2.05) is 18.7 Å². The van der Waals surface area contributed by atoms with Crippen LogP contribution >= 0.6 is 0 Å². The van der Waals surface area contributed by atoms with Crippen molar-refractivity contribution in [2.45, 2.75) is 59.4 Å². The van der Waals surface area contributed by atoms with Crippen LogP contribution in [0.15, 0.2) is 12.2 Å². The number of aliphatic carboxylic acids is 2. The molecule has 1 aliphatic rings. The second kappa shape index (κ2) is 14.1. The minimum atomic E-state index is -1.26. The number of quaternary nitrogens is 1. The van der Waals surface area contributed by atoms with Gasteiger partial charge in [-0.15, -0.1) is 0 Å². The first kappa shape index (κ1) is 20.9. The number of hydrogen-bond acceptors (Lipinski definition) is 2. The molecule has 0 bridgehead atoms. The molecule has 3 N–H and O–H groups in total. The van der Waals surface area contributed by atoms with Gasteiger partial charge in [-0.25, -0.2) is 9.59 Å². The lowest BCUT2D eigenvalue weighted by molar-refractivity contribution is -0.910. The summed E-state index contributed by atoms with van der Waals surface area (Å²) in [7, 11) is 0. The molecular weight excluding hydrogens is 258 g/mol. The van der Waals surface area contributed by atoms with Crippen LogP contribution in [-0.2, 0) is 9.59 Å². The van der Waals surface area contributed by atoms with E-state index in [2.05, 4.69) is 13.8 Å². The zero-order valence-electron chi connectivity index (χ0n) is 13.2. The van der Waals surface area contributed by atoms with Gasteiger partial charge in [-0.05, 0) is 13.3 Å². The Morgan fingerprint density at radius 2 is 1.65 bits per heavy atom. The molecule has 1 rings (SSSR count). The molecule has 5 heteroatoms. The average molecular weight is 288 g/mol. The molecule has 0 saturated carbocycles. The first-order valence-corrected chi connectivity index (χ1v) is 7.49. The lowest BCUT2D eigenvalue weighted by Gasteiger charge is -2.18. The third kappa shape index (κ3) is 11.7. The molecule has 20 heavy (non-hydrogen) atoms. The van der Waals surface area contributed by atoms with Crippen molar-refractivity contribution in [1.82, 2.24) is 0 Å². The summed E-state index contributed by atoms with van der Waals surface area (Å²) in [5.74, 6) is -2.51. The van der Waals surface area contributed by atoms with Gasteiger partial charge < -0.3 is 15.1 Å². The third-order valence-corrected chi connectivity index (χ3v) is 3.09. The van der Waals surface area contributed by atoms with Crippen LogP contribution in [0.2, 0.25) is 0 Å². The second-order valence-corrected chi connectivity index (χ2v) is 4.40. The molecule has 1 saturated heterocycles. The van der Waals surface area contributed by atoms with Crippen LogP contribution in [0.4, 0.5) is 0 Å². The Hall–Kier alpha value is -1.36. The zero-order valence-corrected chi connectivity index (χ0v) is 13.2. The van der Waals surface area contributed by atoms with E-state index in [0.717, 1.165) is 6.04 Å². The Bertz CT molecular complexity index is 274. The molecule has 2 unspecified atom stereocenters. The topological polar surface area (TPSA) is 79.0 Å². The molecule has 0 aromatic rings. The molecular formula is C15H30NO4+. The van der Waals surface area contributed by atoms with Gasteiger partial charge in [0, 0.05) is 25.0 Å². The molecule has 0 aliphatic carbocycles. The van der Waals surface area contributed by atoms with Crippen molar-refractivity contribution in [2.24, 2.45) is 0 Å². The molecule has 0 aromatic heterocycles. The normalized spacial score (nSPS) is 20.6. The first-order chi connectivity index (χ1) is 9.51. The van der Waals surface area contributed by atoms with E-state index in [0.29, 0.717) is 12.2 Å². The van der Waals surface area contributed by atoms with Crippen molar-refractivity contribution in [3.8, 4) is 0 Å². The number of nitrogens with one attached hydrogen (secondary N) is 1. The van der Waals surface area contributed by atoms with Gasteiger partial charge >= 0.3 is 11.9 Å². The van der Waals surface area contributed by atoms with Crippen molar-refractivity contribution < 1.29 is 24.7 Å². The molecule has 1 fully saturated rings. The fourth-order valence-corrected chi connectivity index (χ4v) is 2.29. The Balaban J connectivity index is 0. The molecule has 1 heterocycles. The van der Waals surface area contributed by atoms with Crippen LogP contribution < -0.4 is 4.90 Å². The summed E-state index contributed by atoms with van der Waals surface area (Å²) in [5.41, 5.74) is 0. The first-order valence-electron chi connectivity index (χ1n) is 7.49. The molecule has 0 spiro atoms. The highest BCUT2D eigenvalue weighted by Crippen LogP contribution is 2.05. The average Bonchev–Trinajstić information content (AvgIpc) is 2.87. The monoisotopic (exact) mass is 288 g/mol. The number of carbonyl (C=O) groups is 2. The maximum Gasteiger partial charge on any atom is 0.328 e. The smallest absolute Gasteiger partial charge is 0.328 e. The summed E-state index contributed by atoms with van der Waals surface area (Å²) in [6.07, 6.45) is 6.88. The maximum atomic E-state index is 9.55. The number of hydrogen-bond donors (Lipinski definition) is 3. The predicted molar refractivity (Wildman–Crippen MR) is 80.1 cm³/mol. The highest BCUT2D eigenvalue weighted by Gasteiger charge is 2.25. The Labute approximate surface area is 122 Å². The minimum absolute atomic E-state index is 0.558. The summed E-state index contributed by atoms with van der Waals surface area (Å²) >= 11 is 0. The fourth-order valence-electron chi connectivity index (χ4n) is 2.29. The molecule has 118 valence electrons. The minimum Gasteiger partial charge on any atom is -0.478 e. The molecule has 0 amide bonds. The van der Waals surface area contributed by atoms with E-state index in [1.165, 1.54) is 38.8 Å². The van der Waals surface area contributed by atoms with E-state index in [4.69, 9.17) is 10.2 Å². The quantitative estimate of drug-likeness (QED) is 0.671. The molecule has 0 radical (unpaired) electrons. The maximum absolute atomic E-state index is 9.55. The van der Waals surface area contributed by atoms with Gasteiger partial charge in [-0.3, -0.25) is 0 Å². The van der Waals surface area contributed by atoms with E-state index < -0.39 is 11.9 Å². The van der Waals surface area contributed by atoms with Crippen LogP contribution in [0.25, 0.3) is 0 Å². The number of likely N-dealkylation sites (tertiary alicyclic amines) is 1. The van der Waals surface area contributed by atoms with Crippen LogP contribution in [0.1, 0.15) is 53.4 Å². The molecule has 1 aliphatic heterocycles. The third-order valence-electron chi connectivity index (χ3n) is 3.09. The van der Waals surface area contributed by atoms with Gasteiger partial charge in [0.15, 0.2) is 0 Å².